The fourth-order valence-electron chi connectivity index (χ4n) is 5.26. The van der Waals surface area contributed by atoms with Crippen molar-refractivity contribution in [2.24, 2.45) is 5.92 Å². The lowest BCUT2D eigenvalue weighted by molar-refractivity contribution is -0.127. The summed E-state index contributed by atoms with van der Waals surface area (Å²) in [7, 11) is 1.65. The van der Waals surface area contributed by atoms with Crippen molar-refractivity contribution in [1.29, 1.82) is 5.26 Å². The minimum Gasteiger partial charge on any atom is -0.443 e. The first-order valence-corrected chi connectivity index (χ1v) is 14.1. The molecule has 2 aliphatic carbocycles. The van der Waals surface area contributed by atoms with Crippen LogP contribution in [-0.4, -0.2) is 35.2 Å². The van der Waals surface area contributed by atoms with Gasteiger partial charge in [0, 0.05) is 35.7 Å². The molecule has 2 amide bonds. The summed E-state index contributed by atoms with van der Waals surface area (Å²) in [5.41, 5.74) is 1.26. The first-order chi connectivity index (χ1) is 19.5. The molecule has 5 rings (SSSR count). The molecule has 1 aromatic heterocycles. The molecule has 0 saturated heterocycles. The third-order valence-electron chi connectivity index (χ3n) is 7.71. The van der Waals surface area contributed by atoms with Crippen LogP contribution in [0.1, 0.15) is 71.0 Å². The lowest BCUT2D eigenvalue weighted by Crippen LogP contribution is -2.42. The molecule has 41 heavy (non-hydrogen) atoms. The van der Waals surface area contributed by atoms with E-state index in [1.165, 1.54) is 17.0 Å². The Kier molecular flexibility index (Phi) is 7.60. The highest BCUT2D eigenvalue weighted by Gasteiger charge is 2.47. The summed E-state index contributed by atoms with van der Waals surface area (Å²) in [4.78, 5) is 32.3. The van der Waals surface area contributed by atoms with E-state index in [9.17, 15) is 19.2 Å². The van der Waals surface area contributed by atoms with E-state index < -0.39 is 17.2 Å². The molecule has 1 N–H and O–H groups in total. The van der Waals surface area contributed by atoms with Gasteiger partial charge in [0.1, 0.15) is 28.4 Å². The van der Waals surface area contributed by atoms with E-state index in [0.29, 0.717) is 47.9 Å². The topological polar surface area (TPSA) is 108 Å². The predicted octanol–water partition coefficient (Wildman–Crippen LogP) is 6.97. The van der Waals surface area contributed by atoms with Gasteiger partial charge in [-0.2, -0.15) is 5.26 Å². The Balaban J connectivity index is 1.50. The van der Waals surface area contributed by atoms with Gasteiger partial charge in [-0.1, -0.05) is 25.0 Å². The molecule has 2 atom stereocenters. The first kappa shape index (κ1) is 28.3. The van der Waals surface area contributed by atoms with Crippen molar-refractivity contribution in [1.82, 2.24) is 10.3 Å². The number of aromatic nitrogens is 1. The molecular weight excluding hydrogens is 523 g/mol. The number of nitrogens with zero attached hydrogens (tertiary/aromatic N) is 3. The van der Waals surface area contributed by atoms with Crippen LogP contribution >= 0.6 is 0 Å². The fourth-order valence-corrected chi connectivity index (χ4v) is 5.26. The van der Waals surface area contributed by atoms with Gasteiger partial charge in [0.15, 0.2) is 0 Å². The Morgan fingerprint density at radius 3 is 2.32 bits per heavy atom. The quantitative estimate of drug-likeness (QED) is 0.350. The number of carbonyl (C=O) groups excluding carboxylic acids is 2. The molecule has 1 heterocycles. The van der Waals surface area contributed by atoms with Crippen molar-refractivity contribution >= 4 is 17.7 Å². The average molecular weight is 559 g/mol. The third-order valence-corrected chi connectivity index (χ3v) is 7.71. The summed E-state index contributed by atoms with van der Waals surface area (Å²) in [6.45, 7) is 5.45. The van der Waals surface area contributed by atoms with Gasteiger partial charge in [-0.05, 0) is 82.9 Å². The van der Waals surface area contributed by atoms with Gasteiger partial charge in [0.25, 0.3) is 0 Å². The van der Waals surface area contributed by atoms with Gasteiger partial charge in [-0.25, -0.2) is 14.2 Å². The zero-order valence-corrected chi connectivity index (χ0v) is 23.9. The van der Waals surface area contributed by atoms with E-state index in [0.717, 1.165) is 24.8 Å². The molecule has 0 radical (unpaired) electrons. The molecule has 214 valence electrons. The van der Waals surface area contributed by atoms with E-state index in [-0.39, 0.29) is 23.6 Å². The van der Waals surface area contributed by atoms with Crippen molar-refractivity contribution in [3.05, 3.63) is 60.1 Å². The number of ether oxygens (including phenoxy) is 1. The van der Waals surface area contributed by atoms with Gasteiger partial charge in [-0.15, -0.1) is 0 Å². The Labute approximate surface area is 239 Å². The third kappa shape index (κ3) is 6.27. The molecule has 2 aromatic carbocycles. The maximum Gasteiger partial charge on any atom is 0.414 e. The zero-order valence-electron chi connectivity index (χ0n) is 23.9. The lowest BCUT2D eigenvalue weighted by atomic mass is 9.76. The van der Waals surface area contributed by atoms with Gasteiger partial charge >= 0.3 is 6.09 Å². The fraction of sp³-hybridized carbons (Fsp3) is 0.438. The largest absolute Gasteiger partial charge is 0.443 e. The summed E-state index contributed by atoms with van der Waals surface area (Å²) >= 11 is 0. The Morgan fingerprint density at radius 1 is 1.07 bits per heavy atom. The molecular formula is C32H35FN4O4. The van der Waals surface area contributed by atoms with Crippen LogP contribution < -0.4 is 10.2 Å². The van der Waals surface area contributed by atoms with Crippen LogP contribution in [0, 0.1) is 23.1 Å². The van der Waals surface area contributed by atoms with E-state index in [4.69, 9.17) is 14.1 Å². The first-order valence-electron chi connectivity index (χ1n) is 14.1. The van der Waals surface area contributed by atoms with E-state index in [2.05, 4.69) is 11.4 Å². The molecule has 3 aromatic rings. The van der Waals surface area contributed by atoms with Gasteiger partial charge in [-0.3, -0.25) is 9.69 Å². The predicted molar refractivity (Wildman–Crippen MR) is 152 cm³/mol. The number of carbonyl (C=O) groups is 2. The summed E-state index contributed by atoms with van der Waals surface area (Å²) < 4.78 is 25.5. The number of anilines is 1. The monoisotopic (exact) mass is 558 g/mol. The lowest BCUT2D eigenvalue weighted by Gasteiger charge is -2.30. The molecule has 2 fully saturated rings. The second kappa shape index (κ2) is 11.0. The number of benzene rings is 2. The van der Waals surface area contributed by atoms with Crippen molar-refractivity contribution in [2.75, 3.05) is 11.9 Å². The molecule has 8 nitrogen and oxygen atoms in total. The number of amides is 2. The highest BCUT2D eigenvalue weighted by molar-refractivity contribution is 5.88. The van der Waals surface area contributed by atoms with Crippen LogP contribution in [0.25, 0.3) is 22.7 Å². The Bertz CT molecular complexity index is 1460. The number of nitrogens with one attached hydrogen (secondary N) is 1. The number of hydrogen-bond donors (Lipinski definition) is 1. The summed E-state index contributed by atoms with van der Waals surface area (Å²) in [5.74, 6) is -0.154. The van der Waals surface area contributed by atoms with Crippen molar-refractivity contribution in [3.63, 3.8) is 0 Å². The minimum absolute atomic E-state index is 0.131. The number of oxazole rings is 1. The smallest absolute Gasteiger partial charge is 0.414 e. The van der Waals surface area contributed by atoms with E-state index >= 15 is 0 Å². The Hall–Kier alpha value is -4.19. The van der Waals surface area contributed by atoms with Crippen LogP contribution in [0.5, 0.6) is 0 Å². The van der Waals surface area contributed by atoms with Crippen molar-refractivity contribution in [2.45, 2.75) is 76.4 Å². The normalized spacial score (nSPS) is 19.6. The summed E-state index contributed by atoms with van der Waals surface area (Å²) in [6, 6.07) is 15.5. The number of hydrogen-bond acceptors (Lipinski definition) is 6. The standard InChI is InChI=1S/C32H35FN4O4/c1-31(2,3)41-30(39)37(4)23-15-11-20(12-16-23)26-27(40-29(35-26)21-9-13-22(33)14-10-21)24-7-5-6-8-25(24)28(38)36-32(19-34)17-18-32/h9-16,24-25H,5-8,17-18H2,1-4H3,(H,36,38)/t24-,25-/m1/s1. The van der Waals surface area contributed by atoms with Crippen LogP contribution in [0.4, 0.5) is 14.9 Å². The van der Waals surface area contributed by atoms with Gasteiger partial charge in [0.2, 0.25) is 11.8 Å². The number of rotatable bonds is 6. The summed E-state index contributed by atoms with van der Waals surface area (Å²) in [5, 5.41) is 12.5. The van der Waals surface area contributed by atoms with E-state index in [1.807, 2.05) is 45.0 Å². The Morgan fingerprint density at radius 2 is 1.71 bits per heavy atom. The van der Waals surface area contributed by atoms with Crippen LogP contribution in [0.2, 0.25) is 0 Å². The second-order valence-electron chi connectivity index (χ2n) is 12.0. The molecule has 2 saturated carbocycles. The molecule has 0 aliphatic heterocycles. The number of halogens is 1. The molecule has 9 heteroatoms. The van der Waals surface area contributed by atoms with Gasteiger partial charge in [0.05, 0.1) is 6.07 Å². The highest BCUT2D eigenvalue weighted by atomic mass is 19.1. The molecule has 0 bridgehead atoms. The van der Waals surface area contributed by atoms with Crippen LogP contribution in [0.15, 0.2) is 52.9 Å². The second-order valence-corrected chi connectivity index (χ2v) is 12.0. The average Bonchev–Trinajstić information content (AvgIpc) is 3.59. The maximum absolute atomic E-state index is 13.6. The minimum atomic E-state index is -0.751. The molecule has 2 aliphatic rings. The SMILES string of the molecule is CN(C(=O)OC(C)(C)C)c1ccc(-c2nc(-c3ccc(F)cc3)oc2[C@@H]2CCCC[C@H]2C(=O)NC2(C#N)CC2)cc1. The molecule has 0 unspecified atom stereocenters. The zero-order chi connectivity index (χ0) is 29.4. The highest BCUT2D eigenvalue weighted by Crippen LogP contribution is 2.45. The summed E-state index contributed by atoms with van der Waals surface area (Å²) in [6.07, 6.45) is 4.13. The van der Waals surface area contributed by atoms with Gasteiger partial charge < -0.3 is 14.5 Å². The van der Waals surface area contributed by atoms with E-state index in [1.54, 1.807) is 19.2 Å². The van der Waals surface area contributed by atoms with Crippen molar-refractivity contribution < 1.29 is 23.1 Å². The van der Waals surface area contributed by atoms with Crippen LogP contribution in [-0.2, 0) is 9.53 Å². The molecule has 0 spiro atoms. The van der Waals surface area contributed by atoms with Crippen molar-refractivity contribution in [3.8, 4) is 28.8 Å². The van der Waals surface area contributed by atoms with Crippen LogP contribution in [0.3, 0.4) is 0 Å². The number of nitriles is 1. The maximum atomic E-state index is 13.6.